The predicted octanol–water partition coefficient (Wildman–Crippen LogP) is 1.59. The highest BCUT2D eigenvalue weighted by molar-refractivity contribution is 5.94. The van der Waals surface area contributed by atoms with Gasteiger partial charge in [0.15, 0.2) is 0 Å². The van der Waals surface area contributed by atoms with Crippen molar-refractivity contribution in [1.29, 1.82) is 0 Å². The van der Waals surface area contributed by atoms with Gasteiger partial charge in [0.2, 0.25) is 5.91 Å². The summed E-state index contributed by atoms with van der Waals surface area (Å²) in [6.45, 7) is 2.61. The molecule has 1 aromatic rings. The zero-order chi connectivity index (χ0) is 19.5. The molecule has 2 N–H and O–H groups in total. The molecule has 4 bridgehead atoms. The zero-order valence-corrected chi connectivity index (χ0v) is 16.4. The van der Waals surface area contributed by atoms with E-state index in [0.717, 1.165) is 42.8 Å². The van der Waals surface area contributed by atoms with Crippen molar-refractivity contribution in [2.75, 3.05) is 13.1 Å². The van der Waals surface area contributed by atoms with Crippen LogP contribution in [0.3, 0.4) is 0 Å². The Morgan fingerprint density at radius 2 is 1.79 bits per heavy atom. The number of hydrogen-bond acceptors (Lipinski definition) is 4. The molecule has 1 saturated heterocycles. The second-order valence-electron chi connectivity index (χ2n) is 9.57. The fourth-order valence-electron chi connectivity index (χ4n) is 6.58. The summed E-state index contributed by atoms with van der Waals surface area (Å²) in [5.41, 5.74) is -0.266. The third-order valence-electron chi connectivity index (χ3n) is 7.54. The lowest BCUT2D eigenvalue weighted by atomic mass is 9.49. The first kappa shape index (κ1) is 17.9. The lowest BCUT2D eigenvalue weighted by Crippen LogP contribution is -2.50. The molecule has 5 aliphatic rings. The molecule has 4 saturated carbocycles. The van der Waals surface area contributed by atoms with Crippen molar-refractivity contribution in [2.45, 2.75) is 63.3 Å². The van der Waals surface area contributed by atoms with Gasteiger partial charge in [-0.05, 0) is 63.2 Å². The average Bonchev–Trinajstić information content (AvgIpc) is 2.81. The minimum atomic E-state index is -0.346. The minimum Gasteiger partial charge on any atom is -0.354 e. The molecule has 0 aromatic carbocycles. The molecule has 0 spiro atoms. The molecule has 1 atom stereocenters. The van der Waals surface area contributed by atoms with Gasteiger partial charge in [-0.15, -0.1) is 0 Å². The monoisotopic (exact) mass is 384 g/mol. The highest BCUT2D eigenvalue weighted by atomic mass is 16.2. The number of aromatic amines is 1. The Kier molecular flexibility index (Phi) is 4.10. The molecular weight excluding hydrogens is 356 g/mol. The molecule has 2 amide bonds. The molecule has 7 heteroatoms. The van der Waals surface area contributed by atoms with E-state index in [9.17, 15) is 14.4 Å². The molecule has 7 nitrogen and oxygen atoms in total. The van der Waals surface area contributed by atoms with Crippen LogP contribution in [-0.4, -0.2) is 45.8 Å². The number of nitrogens with one attached hydrogen (secondary N) is 2. The predicted molar refractivity (Wildman–Crippen MR) is 103 cm³/mol. The molecule has 0 radical (unpaired) electrons. The molecule has 150 valence electrons. The summed E-state index contributed by atoms with van der Waals surface area (Å²) in [4.78, 5) is 46.7. The van der Waals surface area contributed by atoms with Gasteiger partial charge in [-0.1, -0.05) is 0 Å². The topological polar surface area (TPSA) is 95.2 Å². The van der Waals surface area contributed by atoms with Crippen LogP contribution in [0.1, 0.15) is 68.1 Å². The molecule has 28 heavy (non-hydrogen) atoms. The van der Waals surface area contributed by atoms with Crippen molar-refractivity contribution in [3.05, 3.63) is 27.9 Å². The second-order valence-corrected chi connectivity index (χ2v) is 9.57. The van der Waals surface area contributed by atoms with Gasteiger partial charge in [-0.2, -0.15) is 0 Å². The van der Waals surface area contributed by atoms with E-state index < -0.39 is 0 Å². The summed E-state index contributed by atoms with van der Waals surface area (Å²) in [6, 6.07) is -0.152. The Morgan fingerprint density at radius 1 is 1.14 bits per heavy atom. The van der Waals surface area contributed by atoms with Gasteiger partial charge in [0, 0.05) is 37.2 Å². The highest BCUT2D eigenvalue weighted by Crippen LogP contribution is 2.59. The van der Waals surface area contributed by atoms with E-state index in [-0.39, 0.29) is 40.8 Å². The summed E-state index contributed by atoms with van der Waals surface area (Å²) in [6.07, 6.45) is 9.08. The van der Waals surface area contributed by atoms with E-state index in [4.69, 9.17) is 0 Å². The van der Waals surface area contributed by atoms with Crippen molar-refractivity contribution in [1.82, 2.24) is 20.2 Å². The van der Waals surface area contributed by atoms with Gasteiger partial charge in [-0.3, -0.25) is 14.4 Å². The van der Waals surface area contributed by atoms with Crippen LogP contribution in [0.25, 0.3) is 0 Å². The fraction of sp³-hybridized carbons (Fsp3) is 0.714. The number of rotatable bonds is 2. The molecule has 1 aromatic heterocycles. The van der Waals surface area contributed by atoms with Crippen LogP contribution in [-0.2, 0) is 10.2 Å². The zero-order valence-electron chi connectivity index (χ0n) is 16.4. The summed E-state index contributed by atoms with van der Waals surface area (Å²) in [5.74, 6) is 2.68. The van der Waals surface area contributed by atoms with E-state index in [1.807, 2.05) is 6.92 Å². The molecule has 4 aliphatic carbocycles. The van der Waals surface area contributed by atoms with Crippen LogP contribution in [0.5, 0.6) is 0 Å². The Morgan fingerprint density at radius 3 is 2.39 bits per heavy atom. The maximum absolute atomic E-state index is 13.0. The Labute approximate surface area is 164 Å². The van der Waals surface area contributed by atoms with Crippen LogP contribution >= 0.6 is 0 Å². The minimum absolute atomic E-state index is 0.00171. The first-order valence-electron chi connectivity index (χ1n) is 10.6. The Bertz CT molecular complexity index is 841. The second kappa shape index (κ2) is 6.42. The van der Waals surface area contributed by atoms with Gasteiger partial charge >= 0.3 is 0 Å². The van der Waals surface area contributed by atoms with Gasteiger partial charge in [0.1, 0.15) is 11.4 Å². The van der Waals surface area contributed by atoms with E-state index >= 15 is 0 Å². The third-order valence-corrected chi connectivity index (χ3v) is 7.54. The number of H-pyrrole nitrogens is 1. The van der Waals surface area contributed by atoms with E-state index in [2.05, 4.69) is 15.3 Å². The van der Waals surface area contributed by atoms with Crippen molar-refractivity contribution in [3.63, 3.8) is 0 Å². The smallest absolute Gasteiger partial charge is 0.263 e. The molecule has 5 fully saturated rings. The number of carbonyl (C=O) groups is 2. The van der Waals surface area contributed by atoms with Gasteiger partial charge < -0.3 is 15.2 Å². The van der Waals surface area contributed by atoms with Crippen LogP contribution < -0.4 is 10.9 Å². The molecule has 2 heterocycles. The number of carbonyl (C=O) groups excluding carboxylic acids is 2. The Balaban J connectivity index is 1.42. The van der Waals surface area contributed by atoms with Crippen molar-refractivity contribution < 1.29 is 9.59 Å². The van der Waals surface area contributed by atoms with Crippen LogP contribution in [0.15, 0.2) is 11.0 Å². The third kappa shape index (κ3) is 2.86. The van der Waals surface area contributed by atoms with E-state index in [0.29, 0.717) is 13.1 Å². The summed E-state index contributed by atoms with van der Waals surface area (Å²) in [5, 5.41) is 2.79. The molecule has 1 aliphatic heterocycles. The molecule has 0 unspecified atom stereocenters. The van der Waals surface area contributed by atoms with Crippen molar-refractivity contribution in [3.8, 4) is 0 Å². The quantitative estimate of drug-likeness (QED) is 0.809. The van der Waals surface area contributed by atoms with Crippen LogP contribution in [0, 0.1) is 17.8 Å². The van der Waals surface area contributed by atoms with Crippen LogP contribution in [0.4, 0.5) is 0 Å². The van der Waals surface area contributed by atoms with E-state index in [1.54, 1.807) is 4.90 Å². The highest BCUT2D eigenvalue weighted by Gasteiger charge is 2.53. The summed E-state index contributed by atoms with van der Waals surface area (Å²) in [7, 11) is 0. The maximum Gasteiger partial charge on any atom is 0.263 e. The first-order valence-corrected chi connectivity index (χ1v) is 10.6. The van der Waals surface area contributed by atoms with Crippen molar-refractivity contribution >= 4 is 11.8 Å². The number of hydrogen-bond donors (Lipinski definition) is 2. The summed E-state index contributed by atoms with van der Waals surface area (Å²) >= 11 is 0. The number of nitrogens with zero attached hydrogens (tertiary/aromatic N) is 2. The summed E-state index contributed by atoms with van der Waals surface area (Å²) < 4.78 is 0. The van der Waals surface area contributed by atoms with Gasteiger partial charge in [-0.25, -0.2) is 4.98 Å². The lowest BCUT2D eigenvalue weighted by Gasteiger charge is -2.56. The largest absolute Gasteiger partial charge is 0.354 e. The lowest BCUT2D eigenvalue weighted by molar-refractivity contribution is -0.120. The standard InChI is InChI=1S/C21H28N4O3/c1-12-10-22-17(26)2-3-25(12)19(28)16-11-23-20(24-18(16)27)21-7-13-4-14(8-21)6-15(5-13)9-21/h11-15H,2-10H2,1H3,(H,22,26)(H,23,24,27)/t12-,13?,14?,15?,21?/m0/s1. The first-order chi connectivity index (χ1) is 13.4. The van der Waals surface area contributed by atoms with Gasteiger partial charge in [0.05, 0.1) is 0 Å². The SMILES string of the molecule is C[C@H]1CNC(=O)CCN1C(=O)c1cnc(C23CC4CC(CC(C4)C2)C3)[nH]c1=O. The van der Waals surface area contributed by atoms with E-state index in [1.165, 1.54) is 25.5 Å². The fourth-order valence-corrected chi connectivity index (χ4v) is 6.58. The molecular formula is C21H28N4O3. The normalized spacial score (nSPS) is 36.9. The number of amides is 2. The molecule has 6 rings (SSSR count). The van der Waals surface area contributed by atoms with Crippen LogP contribution in [0.2, 0.25) is 0 Å². The van der Waals surface area contributed by atoms with Gasteiger partial charge in [0.25, 0.3) is 11.5 Å². The average molecular weight is 384 g/mol. The number of aromatic nitrogens is 2. The Hall–Kier alpha value is -2.18. The maximum atomic E-state index is 13.0. The van der Waals surface area contributed by atoms with Crippen molar-refractivity contribution in [2.24, 2.45) is 17.8 Å².